The number of nitrogens with one attached hydrogen (secondary N) is 1. The van der Waals surface area contributed by atoms with Crippen LogP contribution in [0.2, 0.25) is 0 Å². The van der Waals surface area contributed by atoms with E-state index in [9.17, 15) is 4.79 Å². The lowest BCUT2D eigenvalue weighted by molar-refractivity contribution is -0.114. The molecule has 1 amide bonds. The van der Waals surface area contributed by atoms with Gasteiger partial charge < -0.3 is 5.32 Å². The SMILES string of the molecule is CC(=O)Nc1c(C)c(C)cc2c1[C@@H](C)CC21CCCCC1. The molecule has 114 valence electrons. The van der Waals surface area contributed by atoms with Gasteiger partial charge in [0, 0.05) is 12.6 Å². The molecule has 1 aromatic rings. The van der Waals surface area contributed by atoms with E-state index in [2.05, 4.69) is 32.2 Å². The van der Waals surface area contributed by atoms with Gasteiger partial charge in [-0.1, -0.05) is 32.3 Å². The monoisotopic (exact) mass is 285 g/mol. The predicted molar refractivity (Wildman–Crippen MR) is 88.0 cm³/mol. The third-order valence-electron chi connectivity index (χ3n) is 5.76. The van der Waals surface area contributed by atoms with Crippen LogP contribution >= 0.6 is 0 Å². The summed E-state index contributed by atoms with van der Waals surface area (Å²) in [7, 11) is 0. The number of benzene rings is 1. The highest BCUT2D eigenvalue weighted by atomic mass is 16.1. The van der Waals surface area contributed by atoms with E-state index in [1.807, 2.05) is 0 Å². The van der Waals surface area contributed by atoms with Crippen LogP contribution in [0.25, 0.3) is 0 Å². The minimum atomic E-state index is 0.0442. The van der Waals surface area contributed by atoms with Crippen LogP contribution in [0.3, 0.4) is 0 Å². The first-order chi connectivity index (χ1) is 9.94. The molecule has 2 aliphatic rings. The van der Waals surface area contributed by atoms with E-state index >= 15 is 0 Å². The van der Waals surface area contributed by atoms with Crippen molar-refractivity contribution in [1.29, 1.82) is 0 Å². The van der Waals surface area contributed by atoms with Crippen molar-refractivity contribution in [2.75, 3.05) is 5.32 Å². The maximum atomic E-state index is 11.6. The second-order valence-electron chi connectivity index (χ2n) is 7.28. The number of amides is 1. The predicted octanol–water partition coefficient (Wildman–Crippen LogP) is 4.97. The summed E-state index contributed by atoms with van der Waals surface area (Å²) in [6.45, 7) is 8.27. The smallest absolute Gasteiger partial charge is 0.221 e. The quantitative estimate of drug-likeness (QED) is 0.775. The maximum absolute atomic E-state index is 11.6. The lowest BCUT2D eigenvalue weighted by Crippen LogP contribution is -2.26. The second-order valence-corrected chi connectivity index (χ2v) is 7.28. The number of carbonyl (C=O) groups is 1. The molecule has 0 saturated heterocycles. The molecule has 1 saturated carbocycles. The van der Waals surface area contributed by atoms with E-state index in [1.54, 1.807) is 12.5 Å². The van der Waals surface area contributed by atoms with E-state index in [-0.39, 0.29) is 5.91 Å². The Morgan fingerprint density at radius 1 is 1.24 bits per heavy atom. The molecule has 1 atom stereocenters. The molecule has 21 heavy (non-hydrogen) atoms. The molecular weight excluding hydrogens is 258 g/mol. The molecule has 2 nitrogen and oxygen atoms in total. The zero-order valence-electron chi connectivity index (χ0n) is 13.8. The van der Waals surface area contributed by atoms with Crippen LogP contribution < -0.4 is 5.32 Å². The molecule has 0 aliphatic heterocycles. The van der Waals surface area contributed by atoms with Crippen LogP contribution in [0.4, 0.5) is 5.69 Å². The summed E-state index contributed by atoms with van der Waals surface area (Å²) in [5.74, 6) is 0.599. The van der Waals surface area contributed by atoms with Gasteiger partial charge in [0.05, 0.1) is 0 Å². The lowest BCUT2D eigenvalue weighted by atomic mass is 9.69. The van der Waals surface area contributed by atoms with Crippen molar-refractivity contribution >= 4 is 11.6 Å². The van der Waals surface area contributed by atoms with Crippen molar-refractivity contribution in [1.82, 2.24) is 0 Å². The molecule has 3 rings (SSSR count). The molecule has 1 spiro atoms. The van der Waals surface area contributed by atoms with Crippen molar-refractivity contribution in [3.05, 3.63) is 28.3 Å². The normalized spacial score (nSPS) is 23.1. The molecule has 2 heteroatoms. The minimum absolute atomic E-state index is 0.0442. The summed E-state index contributed by atoms with van der Waals surface area (Å²) in [4.78, 5) is 11.6. The molecule has 0 heterocycles. The standard InChI is InChI=1S/C19H27NO/c1-12-10-16-17(18(14(12)3)20-15(4)21)13(2)11-19(16)8-6-5-7-9-19/h10,13H,5-9,11H2,1-4H3,(H,20,21)/t13-/m0/s1. The van der Waals surface area contributed by atoms with E-state index < -0.39 is 0 Å². The summed E-state index contributed by atoms with van der Waals surface area (Å²) in [6, 6.07) is 2.42. The van der Waals surface area contributed by atoms with Gasteiger partial charge in [-0.25, -0.2) is 0 Å². The second kappa shape index (κ2) is 5.15. The van der Waals surface area contributed by atoms with Crippen LogP contribution in [-0.2, 0) is 10.2 Å². The minimum Gasteiger partial charge on any atom is -0.326 e. The number of hydrogen-bond donors (Lipinski definition) is 1. The van der Waals surface area contributed by atoms with Crippen LogP contribution in [0.1, 0.15) is 80.5 Å². The highest BCUT2D eigenvalue weighted by Crippen LogP contribution is 2.56. The number of carbonyl (C=O) groups excluding carboxylic acids is 1. The van der Waals surface area contributed by atoms with Gasteiger partial charge in [0.2, 0.25) is 5.91 Å². The number of anilines is 1. The number of aryl methyl sites for hydroxylation is 1. The van der Waals surface area contributed by atoms with Gasteiger partial charge in [0.15, 0.2) is 0 Å². The van der Waals surface area contributed by atoms with Gasteiger partial charge >= 0.3 is 0 Å². The average Bonchev–Trinajstić information content (AvgIpc) is 2.68. The first-order valence-corrected chi connectivity index (χ1v) is 8.37. The average molecular weight is 285 g/mol. The first kappa shape index (κ1) is 14.6. The fourth-order valence-corrected chi connectivity index (χ4v) is 4.72. The lowest BCUT2D eigenvalue weighted by Gasteiger charge is -2.35. The molecular formula is C19H27NO. The molecule has 1 N–H and O–H groups in total. The van der Waals surface area contributed by atoms with Crippen molar-refractivity contribution in [3.63, 3.8) is 0 Å². The summed E-state index contributed by atoms with van der Waals surface area (Å²) in [5, 5.41) is 3.13. The third kappa shape index (κ3) is 2.29. The highest BCUT2D eigenvalue weighted by Gasteiger charge is 2.44. The van der Waals surface area contributed by atoms with Gasteiger partial charge in [0.25, 0.3) is 0 Å². The fourth-order valence-electron chi connectivity index (χ4n) is 4.72. The van der Waals surface area contributed by atoms with Crippen molar-refractivity contribution in [2.24, 2.45) is 0 Å². The Bertz CT molecular complexity index is 582. The van der Waals surface area contributed by atoms with Gasteiger partial charge in [-0.15, -0.1) is 0 Å². The van der Waals surface area contributed by atoms with Crippen LogP contribution in [-0.4, -0.2) is 5.91 Å². The van der Waals surface area contributed by atoms with Crippen LogP contribution in [0.5, 0.6) is 0 Å². The third-order valence-corrected chi connectivity index (χ3v) is 5.76. The first-order valence-electron chi connectivity index (χ1n) is 8.37. The van der Waals surface area contributed by atoms with Crippen molar-refractivity contribution in [2.45, 2.75) is 77.6 Å². The van der Waals surface area contributed by atoms with Crippen molar-refractivity contribution in [3.8, 4) is 0 Å². The van der Waals surface area contributed by atoms with Gasteiger partial charge in [-0.3, -0.25) is 4.79 Å². The Morgan fingerprint density at radius 3 is 2.52 bits per heavy atom. The van der Waals surface area contributed by atoms with Gasteiger partial charge in [-0.2, -0.15) is 0 Å². The summed E-state index contributed by atoms with van der Waals surface area (Å²) >= 11 is 0. The zero-order valence-corrected chi connectivity index (χ0v) is 13.8. The fraction of sp³-hybridized carbons (Fsp3) is 0.632. The summed E-state index contributed by atoms with van der Waals surface area (Å²) in [5.41, 5.74) is 7.02. The van der Waals surface area contributed by atoms with E-state index in [0.717, 1.165) is 5.69 Å². The summed E-state index contributed by atoms with van der Waals surface area (Å²) < 4.78 is 0. The van der Waals surface area contributed by atoms with Crippen LogP contribution in [0.15, 0.2) is 6.07 Å². The highest BCUT2D eigenvalue weighted by molar-refractivity contribution is 5.91. The molecule has 1 aromatic carbocycles. The molecule has 0 radical (unpaired) electrons. The number of rotatable bonds is 1. The van der Waals surface area contributed by atoms with Crippen molar-refractivity contribution < 1.29 is 4.79 Å². The largest absolute Gasteiger partial charge is 0.326 e. The maximum Gasteiger partial charge on any atom is 0.221 e. The topological polar surface area (TPSA) is 29.1 Å². The molecule has 1 fully saturated rings. The molecule has 0 bridgehead atoms. The number of fused-ring (bicyclic) bond motifs is 2. The number of hydrogen-bond acceptors (Lipinski definition) is 1. The van der Waals surface area contributed by atoms with E-state index in [0.29, 0.717) is 11.3 Å². The van der Waals surface area contributed by atoms with Gasteiger partial charge in [-0.05, 0) is 66.7 Å². The summed E-state index contributed by atoms with van der Waals surface area (Å²) in [6.07, 6.45) is 8.01. The van der Waals surface area contributed by atoms with Gasteiger partial charge in [0.1, 0.15) is 0 Å². The Balaban J connectivity index is 2.17. The Kier molecular flexibility index (Phi) is 3.59. The van der Waals surface area contributed by atoms with Crippen LogP contribution in [0, 0.1) is 13.8 Å². The Hall–Kier alpha value is -1.31. The molecule has 0 unspecified atom stereocenters. The van der Waals surface area contributed by atoms with E-state index in [4.69, 9.17) is 0 Å². The molecule has 0 aromatic heterocycles. The zero-order chi connectivity index (χ0) is 15.2. The Morgan fingerprint density at radius 2 is 1.90 bits per heavy atom. The Labute approximate surface area is 128 Å². The molecule has 2 aliphatic carbocycles. The van der Waals surface area contributed by atoms with E-state index in [1.165, 1.54) is 55.2 Å².